The predicted molar refractivity (Wildman–Crippen MR) is 30.0 cm³/mol. The molecule has 0 amide bonds. The van der Waals surface area contributed by atoms with Crippen LogP contribution in [0.4, 0.5) is 0 Å². The van der Waals surface area contributed by atoms with Crippen molar-refractivity contribution in [1.29, 1.82) is 0 Å². The van der Waals surface area contributed by atoms with Gasteiger partial charge in [0.1, 0.15) is 6.10 Å². The average Bonchev–Trinajstić information content (AvgIpc) is 1.84. The largest absolute Gasteiger partial charge is 0.383 e. The molecule has 0 rings (SSSR count). The molecule has 2 unspecified atom stereocenters. The Bertz CT molecular complexity index is 74.8. The second-order valence-electron chi connectivity index (χ2n) is 1.63. The van der Waals surface area contributed by atoms with Crippen LogP contribution in [0.3, 0.4) is 0 Å². The minimum Gasteiger partial charge on any atom is -0.383 e. The Balaban J connectivity index is 3.44. The van der Waals surface area contributed by atoms with Crippen LogP contribution in [-0.4, -0.2) is 23.5 Å². The Labute approximate surface area is 48.5 Å². The third-order valence-corrected chi connectivity index (χ3v) is 0.998. The number of aliphatic hydroxyl groups is 1. The molecule has 3 heteroatoms. The third-order valence-electron chi connectivity index (χ3n) is 0.998. The smallest absolute Gasteiger partial charge is 0.231 e. The molecule has 0 aliphatic carbocycles. The van der Waals surface area contributed by atoms with Gasteiger partial charge in [0, 0.05) is 6.04 Å². The van der Waals surface area contributed by atoms with E-state index in [4.69, 9.17) is 10.8 Å². The lowest BCUT2D eigenvalue weighted by atomic mass is 10.1. The summed E-state index contributed by atoms with van der Waals surface area (Å²) in [5, 5.41) is 8.58. The maximum absolute atomic E-state index is 9.65. The van der Waals surface area contributed by atoms with Crippen LogP contribution >= 0.6 is 0 Å². The van der Waals surface area contributed by atoms with Gasteiger partial charge in [-0.05, 0) is 6.42 Å². The molecule has 3 N–H and O–H groups in total. The fraction of sp³-hybridized carbons (Fsp3) is 0.800. The number of aliphatic hydroxyl groups excluding tert-OH is 1. The average molecular weight is 116 g/mol. The quantitative estimate of drug-likeness (QED) is 0.507. The van der Waals surface area contributed by atoms with Gasteiger partial charge in [0.2, 0.25) is 6.29 Å². The first-order valence-electron chi connectivity index (χ1n) is 2.53. The molecule has 0 aliphatic heterocycles. The molecule has 0 aromatic carbocycles. The summed E-state index contributed by atoms with van der Waals surface area (Å²) in [7, 11) is 0. The van der Waals surface area contributed by atoms with Gasteiger partial charge in [0.15, 0.2) is 0 Å². The molecule has 0 fully saturated rings. The van der Waals surface area contributed by atoms with Gasteiger partial charge in [0.05, 0.1) is 0 Å². The molecule has 0 aromatic heterocycles. The molecule has 47 valence electrons. The highest BCUT2D eigenvalue weighted by atomic mass is 16.3. The Morgan fingerprint density at radius 3 is 2.50 bits per heavy atom. The second-order valence-corrected chi connectivity index (χ2v) is 1.63. The summed E-state index contributed by atoms with van der Waals surface area (Å²) in [6.07, 6.45) is 0.879. The first kappa shape index (κ1) is 7.59. The van der Waals surface area contributed by atoms with Gasteiger partial charge < -0.3 is 10.8 Å². The van der Waals surface area contributed by atoms with Crippen molar-refractivity contribution in [2.75, 3.05) is 0 Å². The molecular formula is C5H10NO2. The zero-order chi connectivity index (χ0) is 6.57. The Hall–Kier alpha value is -0.410. The minimum atomic E-state index is -1.11. The molecule has 0 saturated heterocycles. The highest BCUT2D eigenvalue weighted by molar-refractivity contribution is 5.57. The molecule has 3 nitrogen and oxygen atoms in total. The van der Waals surface area contributed by atoms with Gasteiger partial charge in [-0.1, -0.05) is 6.92 Å². The molecule has 0 spiro atoms. The Morgan fingerprint density at radius 2 is 2.38 bits per heavy atom. The maximum atomic E-state index is 9.65. The standard InChI is InChI=1S/C5H10NO2/c1-2-4(6)5(8)3-7/h4-5,8H,2,6H2,1H3. The molecule has 2 atom stereocenters. The highest BCUT2D eigenvalue weighted by Crippen LogP contribution is 1.89. The lowest BCUT2D eigenvalue weighted by Gasteiger charge is -2.07. The highest BCUT2D eigenvalue weighted by Gasteiger charge is 2.10. The van der Waals surface area contributed by atoms with E-state index < -0.39 is 12.1 Å². The molecule has 8 heavy (non-hydrogen) atoms. The second kappa shape index (κ2) is 3.57. The first-order chi connectivity index (χ1) is 3.72. The number of carbonyl (C=O) groups excluding carboxylic acids is 1. The molecule has 0 saturated carbocycles. The van der Waals surface area contributed by atoms with E-state index in [1.807, 2.05) is 0 Å². The van der Waals surface area contributed by atoms with Gasteiger partial charge >= 0.3 is 0 Å². The molecular weight excluding hydrogens is 106 g/mol. The van der Waals surface area contributed by atoms with Crippen LogP contribution in [0.15, 0.2) is 0 Å². The van der Waals surface area contributed by atoms with Crippen LogP contribution in [0.25, 0.3) is 0 Å². The van der Waals surface area contributed by atoms with E-state index >= 15 is 0 Å². The SMILES string of the molecule is CCC(N)C(O)[C]=O. The number of hydrogen-bond donors (Lipinski definition) is 2. The summed E-state index contributed by atoms with van der Waals surface area (Å²) in [5.41, 5.74) is 5.21. The van der Waals surface area contributed by atoms with E-state index in [1.54, 1.807) is 6.92 Å². The van der Waals surface area contributed by atoms with Crippen molar-refractivity contribution in [2.24, 2.45) is 5.73 Å². The Kier molecular flexibility index (Phi) is 3.39. The van der Waals surface area contributed by atoms with Crippen LogP contribution in [0, 0.1) is 0 Å². The summed E-state index contributed by atoms with van der Waals surface area (Å²) < 4.78 is 0. The van der Waals surface area contributed by atoms with E-state index in [-0.39, 0.29) is 0 Å². The van der Waals surface area contributed by atoms with Crippen LogP contribution in [-0.2, 0) is 4.79 Å². The van der Waals surface area contributed by atoms with E-state index in [0.29, 0.717) is 6.42 Å². The van der Waals surface area contributed by atoms with Gasteiger partial charge in [0.25, 0.3) is 0 Å². The van der Waals surface area contributed by atoms with Crippen LogP contribution in [0.2, 0.25) is 0 Å². The molecule has 0 heterocycles. The van der Waals surface area contributed by atoms with E-state index in [9.17, 15) is 4.79 Å². The van der Waals surface area contributed by atoms with E-state index in [1.165, 1.54) is 6.29 Å². The van der Waals surface area contributed by atoms with Crippen LogP contribution < -0.4 is 5.73 Å². The molecule has 1 radical (unpaired) electrons. The van der Waals surface area contributed by atoms with Crippen LogP contribution in [0.1, 0.15) is 13.3 Å². The molecule has 0 aromatic rings. The van der Waals surface area contributed by atoms with Crippen molar-refractivity contribution in [2.45, 2.75) is 25.5 Å². The van der Waals surface area contributed by atoms with Crippen molar-refractivity contribution < 1.29 is 9.90 Å². The number of hydrogen-bond acceptors (Lipinski definition) is 3. The fourth-order valence-corrected chi connectivity index (χ4v) is 0.311. The zero-order valence-corrected chi connectivity index (χ0v) is 4.79. The first-order valence-corrected chi connectivity index (χ1v) is 2.53. The van der Waals surface area contributed by atoms with Crippen molar-refractivity contribution in [3.63, 3.8) is 0 Å². The van der Waals surface area contributed by atoms with Crippen molar-refractivity contribution in [3.05, 3.63) is 0 Å². The third kappa shape index (κ3) is 2.04. The van der Waals surface area contributed by atoms with Crippen molar-refractivity contribution in [1.82, 2.24) is 0 Å². The van der Waals surface area contributed by atoms with Gasteiger partial charge in [-0.15, -0.1) is 0 Å². The summed E-state index contributed by atoms with van der Waals surface area (Å²) in [6.45, 7) is 1.80. The fourth-order valence-electron chi connectivity index (χ4n) is 0.311. The van der Waals surface area contributed by atoms with Gasteiger partial charge in [-0.3, -0.25) is 4.79 Å². The number of nitrogens with two attached hydrogens (primary N) is 1. The predicted octanol–water partition coefficient (Wildman–Crippen LogP) is -0.806. The van der Waals surface area contributed by atoms with E-state index in [0.717, 1.165) is 0 Å². The van der Waals surface area contributed by atoms with Crippen molar-refractivity contribution in [3.8, 4) is 0 Å². The lowest BCUT2D eigenvalue weighted by Crippen LogP contribution is -2.34. The summed E-state index contributed by atoms with van der Waals surface area (Å²) in [4.78, 5) is 9.65. The zero-order valence-electron chi connectivity index (χ0n) is 4.79. The minimum absolute atomic E-state index is 0.451. The molecule has 0 bridgehead atoms. The van der Waals surface area contributed by atoms with Gasteiger partial charge in [-0.25, -0.2) is 0 Å². The van der Waals surface area contributed by atoms with Crippen molar-refractivity contribution >= 4 is 6.29 Å². The monoisotopic (exact) mass is 116 g/mol. The lowest BCUT2D eigenvalue weighted by molar-refractivity contribution is 0.201. The molecule has 0 aliphatic rings. The van der Waals surface area contributed by atoms with Gasteiger partial charge in [-0.2, -0.15) is 0 Å². The summed E-state index contributed by atoms with van der Waals surface area (Å²) >= 11 is 0. The van der Waals surface area contributed by atoms with E-state index in [2.05, 4.69) is 0 Å². The van der Waals surface area contributed by atoms with Crippen LogP contribution in [0.5, 0.6) is 0 Å². The Morgan fingerprint density at radius 1 is 1.88 bits per heavy atom. The normalized spacial score (nSPS) is 17.4. The summed E-state index contributed by atoms with van der Waals surface area (Å²) in [5.74, 6) is 0. The summed E-state index contributed by atoms with van der Waals surface area (Å²) in [6, 6.07) is -0.451. The maximum Gasteiger partial charge on any atom is 0.231 e. The topological polar surface area (TPSA) is 63.3 Å². The number of rotatable bonds is 3.